The Labute approximate surface area is 293 Å². The smallest absolute Gasteiger partial charge is 0.264 e. The summed E-state index contributed by atoms with van der Waals surface area (Å²) in [6, 6.07) is 26.1. The van der Waals surface area contributed by atoms with E-state index < -0.39 is 28.5 Å². The highest BCUT2D eigenvalue weighted by atomic mass is 35.5. The summed E-state index contributed by atoms with van der Waals surface area (Å²) in [4.78, 5) is 30.1. The Bertz CT molecular complexity index is 1770. The molecule has 0 radical (unpaired) electrons. The van der Waals surface area contributed by atoms with Crippen molar-refractivity contribution in [2.75, 3.05) is 17.5 Å². The van der Waals surface area contributed by atoms with Gasteiger partial charge in [0, 0.05) is 34.6 Å². The maximum Gasteiger partial charge on any atom is 0.264 e. The largest absolute Gasteiger partial charge is 0.494 e. The molecule has 11 heteroatoms. The molecule has 0 fully saturated rings. The van der Waals surface area contributed by atoms with Gasteiger partial charge in [-0.15, -0.1) is 0 Å². The lowest BCUT2D eigenvalue weighted by Gasteiger charge is -2.34. The molecule has 4 aromatic carbocycles. The van der Waals surface area contributed by atoms with Gasteiger partial charge < -0.3 is 15.0 Å². The van der Waals surface area contributed by atoms with Gasteiger partial charge >= 0.3 is 0 Å². The highest BCUT2D eigenvalue weighted by Crippen LogP contribution is 2.30. The van der Waals surface area contributed by atoms with E-state index in [1.54, 1.807) is 54.6 Å². The molecule has 1 N–H and O–H groups in total. The van der Waals surface area contributed by atoms with Gasteiger partial charge in [0.15, 0.2) is 0 Å². The van der Waals surface area contributed by atoms with Crippen molar-refractivity contribution in [3.8, 4) is 5.75 Å². The Balaban J connectivity index is 1.84. The maximum absolute atomic E-state index is 14.7. The van der Waals surface area contributed by atoms with Crippen LogP contribution in [0.3, 0.4) is 0 Å². The Morgan fingerprint density at radius 2 is 1.48 bits per heavy atom. The Hall–Kier alpha value is -4.05. The predicted octanol–water partition coefficient (Wildman–Crippen LogP) is 7.45. The van der Waals surface area contributed by atoms with Gasteiger partial charge in [-0.1, -0.05) is 84.2 Å². The van der Waals surface area contributed by atoms with Crippen molar-refractivity contribution in [1.82, 2.24) is 10.2 Å². The van der Waals surface area contributed by atoms with Crippen LogP contribution in [0.5, 0.6) is 5.75 Å². The molecule has 0 saturated heterocycles. The summed E-state index contributed by atoms with van der Waals surface area (Å²) in [5, 5.41) is 3.65. The molecule has 0 heterocycles. The molecule has 2 amide bonds. The van der Waals surface area contributed by atoms with Crippen LogP contribution < -0.4 is 14.4 Å². The Morgan fingerprint density at radius 1 is 0.854 bits per heavy atom. The summed E-state index contributed by atoms with van der Waals surface area (Å²) in [7, 11) is -4.25. The number of amides is 2. The number of hydrogen-bond acceptors (Lipinski definition) is 5. The van der Waals surface area contributed by atoms with Crippen LogP contribution in [0.2, 0.25) is 10.0 Å². The van der Waals surface area contributed by atoms with E-state index in [4.69, 9.17) is 27.9 Å². The molecule has 0 unspecified atom stereocenters. The van der Waals surface area contributed by atoms with Gasteiger partial charge in [0.2, 0.25) is 11.8 Å². The first-order chi connectivity index (χ1) is 22.9. The van der Waals surface area contributed by atoms with E-state index in [0.29, 0.717) is 34.4 Å². The molecule has 0 aliphatic carbocycles. The average molecular weight is 711 g/mol. The quantitative estimate of drug-likeness (QED) is 0.138. The Morgan fingerprint density at radius 3 is 2.06 bits per heavy atom. The second-order valence-corrected chi connectivity index (χ2v) is 14.2. The number of hydrogen-bond donors (Lipinski definition) is 1. The van der Waals surface area contributed by atoms with Crippen LogP contribution in [0.4, 0.5) is 5.69 Å². The molecule has 0 bridgehead atoms. The zero-order valence-corrected chi connectivity index (χ0v) is 29.9. The molecule has 0 aliphatic rings. The van der Waals surface area contributed by atoms with Gasteiger partial charge in [-0.25, -0.2) is 8.42 Å². The van der Waals surface area contributed by atoms with E-state index in [0.717, 1.165) is 15.4 Å². The van der Waals surface area contributed by atoms with Crippen molar-refractivity contribution in [2.24, 2.45) is 0 Å². The van der Waals surface area contributed by atoms with Gasteiger partial charge in [0.05, 0.1) is 17.2 Å². The highest BCUT2D eigenvalue weighted by molar-refractivity contribution is 7.92. The lowest BCUT2D eigenvalue weighted by Crippen LogP contribution is -2.54. The molecular formula is C37H41Cl2N3O5S. The minimum Gasteiger partial charge on any atom is -0.494 e. The molecule has 8 nitrogen and oxygen atoms in total. The topological polar surface area (TPSA) is 96.0 Å². The van der Waals surface area contributed by atoms with Crippen LogP contribution in [-0.2, 0) is 32.6 Å². The number of rotatable bonds is 15. The Kier molecular flexibility index (Phi) is 12.9. The fraction of sp³-hybridized carbons (Fsp3) is 0.297. The van der Waals surface area contributed by atoms with Crippen molar-refractivity contribution in [3.63, 3.8) is 0 Å². The third-order valence-electron chi connectivity index (χ3n) is 7.99. The number of sulfonamides is 1. The summed E-state index contributed by atoms with van der Waals surface area (Å²) in [6.07, 6.45) is 0.846. The monoisotopic (exact) mass is 709 g/mol. The van der Waals surface area contributed by atoms with Crippen molar-refractivity contribution < 1.29 is 22.7 Å². The van der Waals surface area contributed by atoms with Crippen molar-refractivity contribution in [3.05, 3.63) is 124 Å². The lowest BCUT2D eigenvalue weighted by atomic mass is 10.0. The SMILES string of the molecule is CCOc1ccc(N(CC(=O)N(Cc2c(Cl)cccc2Cl)[C@@H](Cc2ccccc2)C(=O)N[C@H](C)CC)S(=O)(=O)c2ccc(C)cc2)cc1. The highest BCUT2D eigenvalue weighted by Gasteiger charge is 2.35. The van der Waals surface area contributed by atoms with Crippen molar-refractivity contribution in [1.29, 1.82) is 0 Å². The van der Waals surface area contributed by atoms with E-state index in [9.17, 15) is 18.0 Å². The molecule has 48 heavy (non-hydrogen) atoms. The average Bonchev–Trinajstić information content (AvgIpc) is 3.07. The van der Waals surface area contributed by atoms with Crippen molar-refractivity contribution in [2.45, 2.75) is 64.1 Å². The van der Waals surface area contributed by atoms with Gasteiger partial charge in [0.25, 0.3) is 10.0 Å². The lowest BCUT2D eigenvalue weighted by molar-refractivity contribution is -0.140. The summed E-state index contributed by atoms with van der Waals surface area (Å²) < 4.78 is 35.2. The summed E-state index contributed by atoms with van der Waals surface area (Å²) in [5.74, 6) is -0.436. The summed E-state index contributed by atoms with van der Waals surface area (Å²) in [6.45, 7) is 7.25. The number of halogens is 2. The van der Waals surface area contributed by atoms with Crippen LogP contribution in [0, 0.1) is 6.92 Å². The first kappa shape index (κ1) is 36.8. The van der Waals surface area contributed by atoms with Gasteiger partial charge in [0.1, 0.15) is 18.3 Å². The van der Waals surface area contributed by atoms with Gasteiger partial charge in [-0.05, 0) is 81.3 Å². The fourth-order valence-electron chi connectivity index (χ4n) is 5.09. The fourth-order valence-corrected chi connectivity index (χ4v) is 7.02. The van der Waals surface area contributed by atoms with E-state index in [1.807, 2.05) is 58.0 Å². The van der Waals surface area contributed by atoms with Crippen LogP contribution in [0.15, 0.2) is 102 Å². The van der Waals surface area contributed by atoms with E-state index in [1.165, 1.54) is 17.0 Å². The second kappa shape index (κ2) is 16.9. The van der Waals surface area contributed by atoms with E-state index in [2.05, 4.69) is 5.32 Å². The molecule has 4 aromatic rings. The van der Waals surface area contributed by atoms with Crippen molar-refractivity contribution >= 4 is 50.7 Å². The number of benzene rings is 4. The minimum atomic E-state index is -4.25. The molecule has 4 rings (SSSR count). The molecule has 0 spiro atoms. The second-order valence-electron chi connectivity index (χ2n) is 11.5. The number of aryl methyl sites for hydroxylation is 1. The number of ether oxygens (including phenoxy) is 1. The molecule has 0 aromatic heterocycles. The third-order valence-corrected chi connectivity index (χ3v) is 10.5. The summed E-state index contributed by atoms with van der Waals surface area (Å²) >= 11 is 13.2. The third kappa shape index (κ3) is 9.30. The predicted molar refractivity (Wildman–Crippen MR) is 192 cm³/mol. The van der Waals surface area contributed by atoms with Gasteiger partial charge in [-0.3, -0.25) is 13.9 Å². The normalized spacial score (nSPS) is 12.5. The number of nitrogens with zero attached hydrogens (tertiary/aromatic N) is 2. The zero-order valence-electron chi connectivity index (χ0n) is 27.5. The molecule has 254 valence electrons. The molecule has 0 saturated carbocycles. The first-order valence-corrected chi connectivity index (χ1v) is 18.0. The van der Waals surface area contributed by atoms with Crippen LogP contribution >= 0.6 is 23.2 Å². The maximum atomic E-state index is 14.7. The molecule has 0 aliphatic heterocycles. The number of carbonyl (C=O) groups is 2. The van der Waals surface area contributed by atoms with Gasteiger partial charge in [-0.2, -0.15) is 0 Å². The minimum absolute atomic E-state index is 0.0193. The molecule has 2 atom stereocenters. The zero-order chi connectivity index (χ0) is 34.8. The van der Waals surface area contributed by atoms with E-state index in [-0.39, 0.29) is 35.5 Å². The van der Waals surface area contributed by atoms with Crippen LogP contribution in [-0.4, -0.2) is 50.4 Å². The number of anilines is 1. The number of nitrogens with one attached hydrogen (secondary N) is 1. The standard InChI is InChI=1S/C37H41Cl2N3O5S/c1-5-27(4)40-37(44)35(23-28-11-8-7-9-12-28)41(24-32-33(38)13-10-14-34(32)39)36(43)25-42(29-17-19-30(20-18-29)47-6-2)48(45,46)31-21-15-26(3)16-22-31/h7-22,27,35H,5-6,23-25H2,1-4H3,(H,40,44)/t27-,35+/m1/s1. The summed E-state index contributed by atoms with van der Waals surface area (Å²) in [5.41, 5.74) is 2.40. The van der Waals surface area contributed by atoms with Crippen LogP contribution in [0.1, 0.15) is 43.9 Å². The number of carbonyl (C=O) groups excluding carboxylic acids is 2. The van der Waals surface area contributed by atoms with E-state index >= 15 is 0 Å². The van der Waals surface area contributed by atoms with Crippen LogP contribution in [0.25, 0.3) is 0 Å². The first-order valence-electron chi connectivity index (χ1n) is 15.8. The molecular weight excluding hydrogens is 669 g/mol.